The van der Waals surface area contributed by atoms with Crippen LogP contribution < -0.4 is 4.74 Å². The highest BCUT2D eigenvalue weighted by molar-refractivity contribution is 6.04. The molecule has 0 fully saturated rings. The number of rotatable bonds is 4. The summed E-state index contributed by atoms with van der Waals surface area (Å²) in [6.07, 6.45) is 1.55. The molecule has 0 radical (unpaired) electrons. The number of carbonyl (C=O) groups is 3. The zero-order chi connectivity index (χ0) is 21.5. The molecule has 0 saturated carbocycles. The van der Waals surface area contributed by atoms with Crippen LogP contribution in [0.2, 0.25) is 0 Å². The zero-order valence-electron chi connectivity index (χ0n) is 17.0. The Balaban J connectivity index is 2.01. The van der Waals surface area contributed by atoms with E-state index >= 15 is 0 Å². The largest absolute Gasteiger partial charge is 0.466 e. The smallest absolute Gasteiger partial charge is 0.334 e. The second kappa shape index (κ2) is 7.44. The van der Waals surface area contributed by atoms with Crippen LogP contribution in [0.5, 0.6) is 5.75 Å². The van der Waals surface area contributed by atoms with Gasteiger partial charge in [-0.1, -0.05) is 54.1 Å². The van der Waals surface area contributed by atoms with Crippen LogP contribution in [-0.4, -0.2) is 31.6 Å². The first-order valence-corrected chi connectivity index (χ1v) is 9.80. The van der Waals surface area contributed by atoms with E-state index in [0.717, 1.165) is 11.1 Å². The predicted octanol–water partition coefficient (Wildman–Crippen LogP) is 3.23. The van der Waals surface area contributed by atoms with Crippen molar-refractivity contribution in [2.75, 3.05) is 13.7 Å². The molecule has 0 amide bonds. The van der Waals surface area contributed by atoms with Crippen LogP contribution in [0.1, 0.15) is 29.5 Å². The van der Waals surface area contributed by atoms with Crippen LogP contribution in [0.3, 0.4) is 0 Å². The molecule has 6 heteroatoms. The van der Waals surface area contributed by atoms with Crippen LogP contribution in [0.4, 0.5) is 0 Å². The molecule has 1 spiro atoms. The van der Waals surface area contributed by atoms with Gasteiger partial charge in [0.1, 0.15) is 11.2 Å². The summed E-state index contributed by atoms with van der Waals surface area (Å²) in [7, 11) is 1.28. The van der Waals surface area contributed by atoms with Gasteiger partial charge in [-0.05, 0) is 25.5 Å². The lowest BCUT2D eigenvalue weighted by Crippen LogP contribution is -2.44. The molecule has 2 aromatic carbocycles. The predicted molar refractivity (Wildman–Crippen MR) is 108 cm³/mol. The average molecular weight is 406 g/mol. The Hall–Kier alpha value is -3.41. The van der Waals surface area contributed by atoms with E-state index in [4.69, 9.17) is 14.2 Å². The normalized spacial score (nSPS) is 24.2. The van der Waals surface area contributed by atoms with E-state index in [-0.39, 0.29) is 12.2 Å². The number of methoxy groups -OCH3 is 1. The van der Waals surface area contributed by atoms with Crippen molar-refractivity contribution < 1.29 is 28.6 Å². The standard InChI is InChI=1S/C24H22O6/c1-4-29-22(26)20-19(15-8-6-5-7-9-15)16(21(25)28-3)13-24(20)17-12-14(2)10-11-18(17)30-23(24)27/h5-13,19-20H,4H2,1-3H3/t19-,20-,24-/m0/s1. The molecule has 6 nitrogen and oxygen atoms in total. The topological polar surface area (TPSA) is 78.9 Å². The molecule has 4 rings (SSSR count). The summed E-state index contributed by atoms with van der Waals surface area (Å²) in [5, 5.41) is 0. The summed E-state index contributed by atoms with van der Waals surface area (Å²) in [6.45, 7) is 3.75. The van der Waals surface area contributed by atoms with E-state index in [9.17, 15) is 14.4 Å². The molecule has 2 aromatic rings. The third-order valence-electron chi connectivity index (χ3n) is 5.78. The third-order valence-corrected chi connectivity index (χ3v) is 5.78. The first-order chi connectivity index (χ1) is 14.4. The van der Waals surface area contributed by atoms with Gasteiger partial charge in [-0.2, -0.15) is 0 Å². The number of benzene rings is 2. The Bertz CT molecular complexity index is 1050. The van der Waals surface area contributed by atoms with E-state index in [0.29, 0.717) is 11.3 Å². The maximum Gasteiger partial charge on any atom is 0.334 e. The number of esters is 3. The van der Waals surface area contributed by atoms with Crippen molar-refractivity contribution in [2.45, 2.75) is 25.2 Å². The number of aryl methyl sites for hydroxylation is 1. The number of hydrogen-bond donors (Lipinski definition) is 0. The molecule has 2 aliphatic rings. The van der Waals surface area contributed by atoms with Crippen molar-refractivity contribution in [3.63, 3.8) is 0 Å². The summed E-state index contributed by atoms with van der Waals surface area (Å²) in [5.41, 5.74) is 0.971. The fourth-order valence-electron chi connectivity index (χ4n) is 4.54. The first-order valence-electron chi connectivity index (χ1n) is 9.80. The average Bonchev–Trinajstić information content (AvgIpc) is 3.25. The molecule has 3 atom stereocenters. The van der Waals surface area contributed by atoms with Gasteiger partial charge in [-0.25, -0.2) is 4.79 Å². The molecule has 1 aliphatic heterocycles. The zero-order valence-corrected chi connectivity index (χ0v) is 17.0. The minimum atomic E-state index is -1.46. The molecule has 0 saturated heterocycles. The molecule has 0 unspecified atom stereocenters. The van der Waals surface area contributed by atoms with Gasteiger partial charge in [0.25, 0.3) is 0 Å². The van der Waals surface area contributed by atoms with Crippen LogP contribution in [-0.2, 0) is 29.3 Å². The van der Waals surface area contributed by atoms with Gasteiger partial charge in [-0.15, -0.1) is 0 Å². The maximum absolute atomic E-state index is 13.3. The van der Waals surface area contributed by atoms with Crippen molar-refractivity contribution in [2.24, 2.45) is 5.92 Å². The van der Waals surface area contributed by atoms with Gasteiger partial charge in [0.05, 0.1) is 19.6 Å². The van der Waals surface area contributed by atoms with E-state index in [1.165, 1.54) is 7.11 Å². The summed E-state index contributed by atoms with van der Waals surface area (Å²) in [4.78, 5) is 39.3. The highest BCUT2D eigenvalue weighted by Gasteiger charge is 2.64. The monoisotopic (exact) mass is 406 g/mol. The van der Waals surface area contributed by atoms with Crippen molar-refractivity contribution in [1.29, 1.82) is 0 Å². The van der Waals surface area contributed by atoms with Gasteiger partial charge in [0.15, 0.2) is 0 Å². The second-order valence-electron chi connectivity index (χ2n) is 7.47. The minimum Gasteiger partial charge on any atom is -0.466 e. The Kier molecular flexibility index (Phi) is 4.94. The Labute approximate surface area is 174 Å². The molecular weight excluding hydrogens is 384 g/mol. The lowest BCUT2D eigenvalue weighted by atomic mass is 9.69. The second-order valence-corrected chi connectivity index (χ2v) is 7.47. The molecule has 1 aliphatic carbocycles. The highest BCUT2D eigenvalue weighted by Crippen LogP contribution is 2.57. The van der Waals surface area contributed by atoms with Crippen molar-refractivity contribution in [3.8, 4) is 5.75 Å². The van der Waals surface area contributed by atoms with Crippen LogP contribution in [0.25, 0.3) is 0 Å². The third kappa shape index (κ3) is 2.83. The molecule has 154 valence electrons. The van der Waals surface area contributed by atoms with E-state index in [1.807, 2.05) is 49.4 Å². The van der Waals surface area contributed by atoms with Crippen molar-refractivity contribution in [1.82, 2.24) is 0 Å². The molecule has 0 bridgehead atoms. The lowest BCUT2D eigenvalue weighted by molar-refractivity contribution is -0.155. The van der Waals surface area contributed by atoms with Crippen LogP contribution >= 0.6 is 0 Å². The summed E-state index contributed by atoms with van der Waals surface area (Å²) >= 11 is 0. The summed E-state index contributed by atoms with van der Waals surface area (Å²) < 4.78 is 16.0. The Morgan fingerprint density at radius 2 is 1.87 bits per heavy atom. The minimum absolute atomic E-state index is 0.149. The maximum atomic E-state index is 13.3. The fraction of sp³-hybridized carbons (Fsp3) is 0.292. The number of fused-ring (bicyclic) bond motifs is 2. The van der Waals surface area contributed by atoms with Gasteiger partial charge in [-0.3, -0.25) is 9.59 Å². The highest BCUT2D eigenvalue weighted by atomic mass is 16.5. The van der Waals surface area contributed by atoms with E-state index in [2.05, 4.69) is 0 Å². The summed E-state index contributed by atoms with van der Waals surface area (Å²) in [5.74, 6) is -3.08. The molecular formula is C24H22O6. The van der Waals surface area contributed by atoms with Crippen molar-refractivity contribution >= 4 is 17.9 Å². The van der Waals surface area contributed by atoms with Gasteiger partial charge in [0, 0.05) is 17.1 Å². The first kappa shape index (κ1) is 19.9. The van der Waals surface area contributed by atoms with Gasteiger partial charge >= 0.3 is 17.9 Å². The lowest BCUT2D eigenvalue weighted by Gasteiger charge is -2.30. The fourth-order valence-corrected chi connectivity index (χ4v) is 4.54. The van der Waals surface area contributed by atoms with E-state index < -0.39 is 35.2 Å². The molecule has 0 aromatic heterocycles. The molecule has 30 heavy (non-hydrogen) atoms. The quantitative estimate of drug-likeness (QED) is 0.573. The van der Waals surface area contributed by atoms with Gasteiger partial charge in [0.2, 0.25) is 0 Å². The Morgan fingerprint density at radius 1 is 1.13 bits per heavy atom. The van der Waals surface area contributed by atoms with E-state index in [1.54, 1.807) is 19.1 Å². The van der Waals surface area contributed by atoms with Crippen LogP contribution in [0, 0.1) is 12.8 Å². The SMILES string of the molecule is CCOC(=O)[C@@H]1[C@@H](c2ccccc2)C(C(=O)OC)=C[C@@]12C(=O)Oc1ccc(C)cc12. The van der Waals surface area contributed by atoms with Crippen molar-refractivity contribution in [3.05, 3.63) is 76.9 Å². The number of carbonyl (C=O) groups excluding carboxylic acids is 3. The van der Waals surface area contributed by atoms with Crippen LogP contribution in [0.15, 0.2) is 60.2 Å². The molecule has 0 N–H and O–H groups in total. The Morgan fingerprint density at radius 3 is 2.53 bits per heavy atom. The number of hydrogen-bond acceptors (Lipinski definition) is 6. The van der Waals surface area contributed by atoms with Gasteiger partial charge < -0.3 is 14.2 Å². The number of ether oxygens (including phenoxy) is 3. The summed E-state index contributed by atoms with van der Waals surface area (Å²) in [6, 6.07) is 14.5. The molecule has 1 heterocycles.